The highest BCUT2D eigenvalue weighted by molar-refractivity contribution is 5.87. The molecule has 0 unspecified atom stereocenters. The molecule has 32 heavy (non-hydrogen) atoms. The molecule has 2 aliphatic heterocycles. The topological polar surface area (TPSA) is 87.7 Å². The lowest BCUT2D eigenvalue weighted by Crippen LogP contribution is -2.50. The summed E-state index contributed by atoms with van der Waals surface area (Å²) in [5.41, 5.74) is 0. The van der Waals surface area contributed by atoms with Crippen LogP contribution < -0.4 is 15.4 Å². The van der Waals surface area contributed by atoms with Crippen molar-refractivity contribution in [2.24, 2.45) is 11.8 Å². The minimum absolute atomic E-state index is 0.0447. The summed E-state index contributed by atoms with van der Waals surface area (Å²) in [7, 11) is 0. The first kappa shape index (κ1) is 23.8. The van der Waals surface area contributed by atoms with Crippen molar-refractivity contribution in [3.63, 3.8) is 0 Å². The zero-order chi connectivity index (χ0) is 22.8. The second-order valence-corrected chi connectivity index (χ2v) is 8.61. The molecule has 2 saturated heterocycles. The summed E-state index contributed by atoms with van der Waals surface area (Å²) in [6.07, 6.45) is 10.6. The molecule has 0 aliphatic carbocycles. The van der Waals surface area contributed by atoms with Gasteiger partial charge in [-0.2, -0.15) is 0 Å². The SMILES string of the molecule is C#CC[C@H](NC(=O)[C@@H]1CCCN(C(=O)CCC2CCNCC2)C1)C(=O)Oc1ccccc1. The highest BCUT2D eigenvalue weighted by atomic mass is 16.5. The minimum atomic E-state index is -0.918. The van der Waals surface area contributed by atoms with Crippen molar-refractivity contribution in [2.75, 3.05) is 26.2 Å². The fourth-order valence-electron chi connectivity index (χ4n) is 4.35. The van der Waals surface area contributed by atoms with Crippen molar-refractivity contribution in [1.29, 1.82) is 0 Å². The molecule has 2 heterocycles. The second kappa shape index (κ2) is 12.3. The Morgan fingerprint density at radius 2 is 1.94 bits per heavy atom. The quantitative estimate of drug-likeness (QED) is 0.368. The molecule has 2 atom stereocenters. The zero-order valence-corrected chi connectivity index (χ0v) is 18.6. The van der Waals surface area contributed by atoms with E-state index in [9.17, 15) is 14.4 Å². The Morgan fingerprint density at radius 3 is 2.66 bits per heavy atom. The summed E-state index contributed by atoms with van der Waals surface area (Å²) in [6.45, 7) is 3.11. The van der Waals surface area contributed by atoms with Crippen LogP contribution in [0.25, 0.3) is 0 Å². The van der Waals surface area contributed by atoms with Crippen LogP contribution in [0.1, 0.15) is 44.9 Å². The van der Waals surface area contributed by atoms with Crippen LogP contribution in [0.5, 0.6) is 5.75 Å². The Balaban J connectivity index is 1.50. The van der Waals surface area contributed by atoms with Crippen molar-refractivity contribution < 1.29 is 19.1 Å². The van der Waals surface area contributed by atoms with E-state index >= 15 is 0 Å². The van der Waals surface area contributed by atoms with Crippen LogP contribution in [-0.2, 0) is 14.4 Å². The number of amides is 2. The number of esters is 1. The van der Waals surface area contributed by atoms with Crippen molar-refractivity contribution in [3.05, 3.63) is 30.3 Å². The molecule has 3 rings (SSSR count). The lowest BCUT2D eigenvalue weighted by molar-refractivity contribution is -0.142. The van der Waals surface area contributed by atoms with Gasteiger partial charge in [0, 0.05) is 25.9 Å². The Labute approximate surface area is 190 Å². The van der Waals surface area contributed by atoms with Crippen molar-refractivity contribution in [1.82, 2.24) is 15.5 Å². The molecule has 0 radical (unpaired) electrons. The van der Waals surface area contributed by atoms with Crippen molar-refractivity contribution >= 4 is 17.8 Å². The monoisotopic (exact) mass is 439 g/mol. The van der Waals surface area contributed by atoms with E-state index in [1.54, 1.807) is 29.2 Å². The predicted octanol–water partition coefficient (Wildman–Crippen LogP) is 2.12. The van der Waals surface area contributed by atoms with Gasteiger partial charge in [0.05, 0.1) is 5.92 Å². The van der Waals surface area contributed by atoms with Gasteiger partial charge in [0.15, 0.2) is 0 Å². The Kier molecular flexibility index (Phi) is 9.12. The lowest BCUT2D eigenvalue weighted by atomic mass is 9.92. The molecule has 7 nitrogen and oxygen atoms in total. The van der Waals surface area contributed by atoms with Gasteiger partial charge in [-0.25, -0.2) is 4.79 Å². The molecule has 2 aliphatic rings. The minimum Gasteiger partial charge on any atom is -0.425 e. The van der Waals surface area contributed by atoms with Crippen molar-refractivity contribution in [2.45, 2.75) is 51.0 Å². The van der Waals surface area contributed by atoms with Gasteiger partial charge in [0.25, 0.3) is 0 Å². The third-order valence-electron chi connectivity index (χ3n) is 6.25. The summed E-state index contributed by atoms with van der Waals surface area (Å²) in [4.78, 5) is 39.9. The number of carbonyl (C=O) groups is 3. The number of rotatable bonds is 8. The van der Waals surface area contributed by atoms with Crippen LogP contribution >= 0.6 is 0 Å². The van der Waals surface area contributed by atoms with Gasteiger partial charge in [0.2, 0.25) is 11.8 Å². The van der Waals surface area contributed by atoms with E-state index in [0.29, 0.717) is 37.6 Å². The van der Waals surface area contributed by atoms with Crippen LogP contribution in [-0.4, -0.2) is 54.9 Å². The molecule has 2 fully saturated rings. The summed E-state index contributed by atoms with van der Waals surface area (Å²) in [5.74, 6) is 2.35. The number of para-hydroxylation sites is 1. The Morgan fingerprint density at radius 1 is 1.19 bits per heavy atom. The van der Waals surface area contributed by atoms with E-state index in [4.69, 9.17) is 11.2 Å². The van der Waals surface area contributed by atoms with E-state index in [0.717, 1.165) is 38.8 Å². The van der Waals surface area contributed by atoms with Gasteiger partial charge >= 0.3 is 5.97 Å². The number of hydrogen-bond donors (Lipinski definition) is 2. The molecule has 2 amide bonds. The van der Waals surface area contributed by atoms with E-state index in [2.05, 4.69) is 16.6 Å². The molecule has 0 aromatic heterocycles. The number of likely N-dealkylation sites (tertiary alicyclic amines) is 1. The van der Waals surface area contributed by atoms with Gasteiger partial charge in [-0.1, -0.05) is 18.2 Å². The molecule has 0 saturated carbocycles. The first-order valence-corrected chi connectivity index (χ1v) is 11.6. The third kappa shape index (κ3) is 7.10. The molecule has 172 valence electrons. The predicted molar refractivity (Wildman–Crippen MR) is 122 cm³/mol. The fourth-order valence-corrected chi connectivity index (χ4v) is 4.35. The van der Waals surface area contributed by atoms with E-state index in [-0.39, 0.29) is 24.2 Å². The summed E-state index contributed by atoms with van der Waals surface area (Å²) >= 11 is 0. The molecule has 0 spiro atoms. The number of terminal acetylenes is 1. The molecular weight excluding hydrogens is 406 g/mol. The Bertz CT molecular complexity index is 814. The van der Waals surface area contributed by atoms with E-state index < -0.39 is 12.0 Å². The number of nitrogens with one attached hydrogen (secondary N) is 2. The number of benzene rings is 1. The first-order chi connectivity index (χ1) is 15.6. The average Bonchev–Trinajstić information content (AvgIpc) is 2.83. The molecule has 0 bridgehead atoms. The molecule has 1 aromatic rings. The largest absolute Gasteiger partial charge is 0.425 e. The molecule has 2 N–H and O–H groups in total. The number of piperidine rings is 2. The van der Waals surface area contributed by atoms with Gasteiger partial charge in [-0.15, -0.1) is 12.3 Å². The van der Waals surface area contributed by atoms with Gasteiger partial charge in [0.1, 0.15) is 11.8 Å². The van der Waals surface area contributed by atoms with Crippen molar-refractivity contribution in [3.8, 4) is 18.1 Å². The number of ether oxygens (including phenoxy) is 1. The smallest absolute Gasteiger partial charge is 0.335 e. The number of carbonyl (C=O) groups excluding carboxylic acids is 3. The maximum Gasteiger partial charge on any atom is 0.335 e. The Hall–Kier alpha value is -2.85. The van der Waals surface area contributed by atoms with E-state index in [1.165, 1.54) is 0 Å². The molecular formula is C25H33N3O4. The summed E-state index contributed by atoms with van der Waals surface area (Å²) < 4.78 is 5.35. The standard InChI is InChI=1S/C25H33N3O4/c1-2-7-22(25(31)32-21-9-4-3-5-10-21)27-24(30)20-8-6-17-28(18-20)23(29)12-11-19-13-15-26-16-14-19/h1,3-5,9-10,19-20,22,26H,6-8,11-18H2,(H,27,30)/t20-,22+/m1/s1. The summed E-state index contributed by atoms with van der Waals surface area (Å²) in [6, 6.07) is 7.76. The third-order valence-corrected chi connectivity index (χ3v) is 6.25. The van der Waals surface area contributed by atoms with E-state index in [1.807, 2.05) is 6.07 Å². The van der Waals surface area contributed by atoms with Gasteiger partial charge in [-0.05, 0) is 63.2 Å². The molecule has 7 heteroatoms. The number of hydrogen-bond acceptors (Lipinski definition) is 5. The lowest BCUT2D eigenvalue weighted by Gasteiger charge is -2.33. The maximum absolute atomic E-state index is 12.9. The van der Waals surface area contributed by atoms with Gasteiger partial charge in [-0.3, -0.25) is 9.59 Å². The molecule has 1 aromatic carbocycles. The second-order valence-electron chi connectivity index (χ2n) is 8.61. The van der Waals surface area contributed by atoms with Crippen LogP contribution in [0.4, 0.5) is 0 Å². The van der Waals surface area contributed by atoms with Crippen LogP contribution in [0.3, 0.4) is 0 Å². The average molecular weight is 440 g/mol. The van der Waals surface area contributed by atoms with Crippen LogP contribution in [0.15, 0.2) is 30.3 Å². The summed E-state index contributed by atoms with van der Waals surface area (Å²) in [5, 5.41) is 6.09. The maximum atomic E-state index is 12.9. The van der Waals surface area contributed by atoms with Crippen LogP contribution in [0, 0.1) is 24.2 Å². The van der Waals surface area contributed by atoms with Gasteiger partial charge < -0.3 is 20.3 Å². The first-order valence-electron chi connectivity index (χ1n) is 11.6. The highest BCUT2D eigenvalue weighted by Gasteiger charge is 2.31. The fraction of sp³-hybridized carbons (Fsp3) is 0.560. The normalized spacial score (nSPS) is 20.1. The highest BCUT2D eigenvalue weighted by Crippen LogP contribution is 2.22. The zero-order valence-electron chi connectivity index (χ0n) is 18.6. The number of nitrogens with zero attached hydrogens (tertiary/aromatic N) is 1. The van der Waals surface area contributed by atoms with Crippen LogP contribution in [0.2, 0.25) is 0 Å².